The van der Waals surface area contributed by atoms with E-state index in [1.54, 1.807) is 0 Å². The number of hydrogen-bond donors (Lipinski definition) is 1. The third-order valence-electron chi connectivity index (χ3n) is 5.97. The maximum Gasteiger partial charge on any atom is 0.420 e. The van der Waals surface area contributed by atoms with Crippen LogP contribution in [0.25, 0.3) is 16.7 Å². The Bertz CT molecular complexity index is 1560. The molecule has 0 amide bonds. The third-order valence-corrected chi connectivity index (χ3v) is 8.49. The van der Waals surface area contributed by atoms with Gasteiger partial charge in [0.1, 0.15) is 11.2 Å². The van der Waals surface area contributed by atoms with Gasteiger partial charge >= 0.3 is 5.76 Å². The molecule has 176 valence electrons. The van der Waals surface area contributed by atoms with Crippen LogP contribution in [-0.2, 0) is 10.0 Å². The summed E-state index contributed by atoms with van der Waals surface area (Å²) in [6.07, 6.45) is 7.88. The summed E-state index contributed by atoms with van der Waals surface area (Å²) >= 11 is 7.29. The smallest absolute Gasteiger partial charge is 0.408 e. The van der Waals surface area contributed by atoms with Crippen molar-refractivity contribution in [1.82, 2.24) is 13.9 Å². The van der Waals surface area contributed by atoms with E-state index in [0.29, 0.717) is 5.52 Å². The fourth-order valence-electron chi connectivity index (χ4n) is 4.37. The lowest BCUT2D eigenvalue weighted by molar-refractivity contribution is 0.489. The van der Waals surface area contributed by atoms with Gasteiger partial charge in [0.2, 0.25) is 5.13 Å². The summed E-state index contributed by atoms with van der Waals surface area (Å²) in [6.45, 7) is 1.92. The minimum Gasteiger partial charge on any atom is -0.408 e. The first-order valence-electron chi connectivity index (χ1n) is 10.8. The van der Waals surface area contributed by atoms with Crippen molar-refractivity contribution < 1.29 is 12.8 Å². The van der Waals surface area contributed by atoms with Gasteiger partial charge in [-0.15, -0.1) is 0 Å². The molecule has 4 aromatic rings. The van der Waals surface area contributed by atoms with Gasteiger partial charge in [0, 0.05) is 17.6 Å². The fourth-order valence-corrected chi connectivity index (χ4v) is 6.57. The first-order chi connectivity index (χ1) is 16.3. The predicted octanol–water partition coefficient (Wildman–Crippen LogP) is 5.47. The monoisotopic (exact) mass is 516 g/mol. The van der Waals surface area contributed by atoms with Crippen LogP contribution < -0.4 is 10.5 Å². The summed E-state index contributed by atoms with van der Waals surface area (Å²) in [4.78, 5) is 16.5. The van der Waals surface area contributed by atoms with E-state index in [1.807, 2.05) is 25.1 Å². The Hall–Kier alpha value is -2.95. The van der Waals surface area contributed by atoms with Crippen LogP contribution in [0.3, 0.4) is 0 Å². The first kappa shape index (κ1) is 22.8. The number of rotatable bonds is 6. The molecule has 0 aliphatic heterocycles. The number of halogens is 1. The van der Waals surface area contributed by atoms with E-state index in [-0.39, 0.29) is 26.7 Å². The molecule has 0 saturated carbocycles. The topological polar surface area (TPSA) is 107 Å². The number of hydrogen-bond acceptors (Lipinski definition) is 7. The summed E-state index contributed by atoms with van der Waals surface area (Å²) < 4.78 is 38.8. The van der Waals surface area contributed by atoms with Gasteiger partial charge in [-0.2, -0.15) is 4.37 Å². The average Bonchev–Trinajstić information content (AvgIpc) is 3.44. The summed E-state index contributed by atoms with van der Waals surface area (Å²) in [5.74, 6) is -0.586. The molecule has 0 spiro atoms. The Kier molecular flexibility index (Phi) is 6.05. The van der Waals surface area contributed by atoms with Crippen molar-refractivity contribution in [2.45, 2.75) is 43.5 Å². The number of anilines is 1. The normalized spacial score (nSPS) is 15.3. The molecule has 0 fully saturated rings. The van der Waals surface area contributed by atoms with Crippen molar-refractivity contribution in [1.29, 1.82) is 0 Å². The first-order valence-corrected chi connectivity index (χ1v) is 13.4. The van der Waals surface area contributed by atoms with Crippen molar-refractivity contribution in [3.63, 3.8) is 0 Å². The lowest BCUT2D eigenvalue weighted by Gasteiger charge is -2.21. The van der Waals surface area contributed by atoms with Gasteiger partial charge < -0.3 is 4.42 Å². The van der Waals surface area contributed by atoms with Gasteiger partial charge in [-0.3, -0.25) is 9.29 Å². The van der Waals surface area contributed by atoms with Gasteiger partial charge in [0.05, 0.1) is 16.6 Å². The molecule has 0 bridgehead atoms. The number of aromatic nitrogens is 3. The van der Waals surface area contributed by atoms with Crippen LogP contribution >= 0.6 is 23.1 Å². The van der Waals surface area contributed by atoms with Gasteiger partial charge in [0.15, 0.2) is 5.58 Å². The molecule has 11 heteroatoms. The zero-order valence-corrected chi connectivity index (χ0v) is 20.6. The third kappa shape index (κ3) is 4.17. The molecular weight excluding hydrogens is 496 g/mol. The standard InChI is InChI=1S/C23H21ClN4O4S2/c1-14(16-9-5-6-10-17(16)15-7-3-2-4-8-15)28-19-11-18(24)21(12-20(19)32-23(28)29)34(30,31)27-22-25-13-26-33-22/h5-7,9-14H,2-4,8H2,1H3,(H,25,26,27)/t14-/m1/s1. The van der Waals surface area contributed by atoms with Crippen LogP contribution in [0.5, 0.6) is 0 Å². The summed E-state index contributed by atoms with van der Waals surface area (Å²) in [5, 5.41) is 0.0759. The Balaban J connectivity index is 1.59. The van der Waals surface area contributed by atoms with E-state index in [9.17, 15) is 13.2 Å². The largest absolute Gasteiger partial charge is 0.420 e. The van der Waals surface area contributed by atoms with E-state index in [0.717, 1.165) is 41.9 Å². The number of allylic oxidation sites excluding steroid dienone is 2. The van der Waals surface area contributed by atoms with Gasteiger partial charge in [-0.25, -0.2) is 18.2 Å². The van der Waals surface area contributed by atoms with E-state index in [1.165, 1.54) is 35.0 Å². The van der Waals surface area contributed by atoms with E-state index >= 15 is 0 Å². The SMILES string of the molecule is C[C@H](c1ccccc1C1=CCCCC1)n1c(=O)oc2cc(S(=O)(=O)Nc3ncns3)c(Cl)cc21. The fraction of sp³-hybridized carbons (Fsp3) is 0.261. The van der Waals surface area contributed by atoms with Gasteiger partial charge in [0.25, 0.3) is 10.0 Å². The lowest BCUT2D eigenvalue weighted by atomic mass is 9.89. The molecule has 34 heavy (non-hydrogen) atoms. The number of benzene rings is 2. The van der Waals surface area contributed by atoms with Crippen LogP contribution in [0.1, 0.15) is 49.8 Å². The molecule has 2 aromatic carbocycles. The van der Waals surface area contributed by atoms with Crippen molar-refractivity contribution in [2.75, 3.05) is 4.72 Å². The number of fused-ring (bicyclic) bond motifs is 1. The van der Waals surface area contributed by atoms with Crippen LogP contribution in [0.4, 0.5) is 5.13 Å². The highest BCUT2D eigenvalue weighted by atomic mass is 35.5. The number of nitrogens with one attached hydrogen (secondary N) is 1. The quantitative estimate of drug-likeness (QED) is 0.364. The summed E-state index contributed by atoms with van der Waals surface area (Å²) in [5.41, 5.74) is 3.94. The Morgan fingerprint density at radius 3 is 2.79 bits per heavy atom. The molecular formula is C23H21ClN4O4S2. The lowest BCUT2D eigenvalue weighted by Crippen LogP contribution is -2.20. The maximum atomic E-state index is 12.9. The van der Waals surface area contributed by atoms with E-state index in [4.69, 9.17) is 16.0 Å². The number of nitrogens with zero attached hydrogens (tertiary/aromatic N) is 3. The second-order valence-electron chi connectivity index (χ2n) is 8.08. The van der Waals surface area contributed by atoms with E-state index < -0.39 is 15.8 Å². The molecule has 1 N–H and O–H groups in total. The Morgan fingerprint density at radius 1 is 1.24 bits per heavy atom. The Morgan fingerprint density at radius 2 is 2.06 bits per heavy atom. The van der Waals surface area contributed by atoms with Gasteiger partial charge in [-0.05, 0) is 55.4 Å². The molecule has 1 aliphatic carbocycles. The molecule has 0 saturated heterocycles. The zero-order chi connectivity index (χ0) is 23.9. The highest BCUT2D eigenvalue weighted by molar-refractivity contribution is 7.93. The zero-order valence-electron chi connectivity index (χ0n) is 18.2. The highest BCUT2D eigenvalue weighted by Gasteiger charge is 2.25. The summed E-state index contributed by atoms with van der Waals surface area (Å²) in [7, 11) is -4.06. The molecule has 5 rings (SSSR count). The second-order valence-corrected chi connectivity index (χ2v) is 10.9. The molecule has 8 nitrogen and oxygen atoms in total. The van der Waals surface area contributed by atoms with Crippen molar-refractivity contribution in [3.8, 4) is 0 Å². The highest BCUT2D eigenvalue weighted by Crippen LogP contribution is 2.35. The number of sulfonamides is 1. The predicted molar refractivity (Wildman–Crippen MR) is 133 cm³/mol. The van der Waals surface area contributed by atoms with Crippen LogP contribution in [-0.4, -0.2) is 22.3 Å². The average molecular weight is 517 g/mol. The molecule has 0 radical (unpaired) electrons. The van der Waals surface area contributed by atoms with Crippen molar-refractivity contribution in [2.24, 2.45) is 0 Å². The number of oxazole rings is 1. The molecule has 2 heterocycles. The van der Waals surface area contributed by atoms with Crippen molar-refractivity contribution >= 4 is 55.0 Å². The second kappa shape index (κ2) is 9.01. The van der Waals surface area contributed by atoms with Crippen molar-refractivity contribution in [3.05, 3.63) is 75.5 Å². The maximum absolute atomic E-state index is 12.9. The summed E-state index contributed by atoms with van der Waals surface area (Å²) in [6, 6.07) is 10.4. The molecule has 1 atom stereocenters. The van der Waals surface area contributed by atoms with Crippen LogP contribution in [0, 0.1) is 0 Å². The Labute approximate surface area is 205 Å². The van der Waals surface area contributed by atoms with Gasteiger partial charge in [-0.1, -0.05) is 41.9 Å². The molecule has 1 aliphatic rings. The van der Waals surface area contributed by atoms with E-state index in [2.05, 4.69) is 26.2 Å². The molecule has 0 unspecified atom stereocenters. The van der Waals surface area contributed by atoms with Crippen LogP contribution in [0.15, 0.2) is 62.9 Å². The molecule has 2 aromatic heterocycles. The minimum atomic E-state index is -4.06. The van der Waals surface area contributed by atoms with Crippen LogP contribution in [0.2, 0.25) is 5.02 Å². The minimum absolute atomic E-state index is 0.0328.